The average Bonchev–Trinajstić information content (AvgIpc) is 2.80. The number of furan rings is 1. The van der Waals surface area contributed by atoms with Crippen LogP contribution in [0.5, 0.6) is 5.75 Å². The van der Waals surface area contributed by atoms with E-state index in [9.17, 15) is 4.79 Å². The fourth-order valence-corrected chi connectivity index (χ4v) is 2.94. The van der Waals surface area contributed by atoms with E-state index < -0.39 is 5.97 Å². The maximum atomic E-state index is 11.8. The Morgan fingerprint density at radius 2 is 1.84 bits per heavy atom. The van der Waals surface area contributed by atoms with Gasteiger partial charge in [-0.2, -0.15) is 5.26 Å². The van der Waals surface area contributed by atoms with Crippen molar-refractivity contribution < 1.29 is 13.9 Å². The van der Waals surface area contributed by atoms with Crippen LogP contribution in [0, 0.1) is 11.3 Å². The number of hydrogen-bond donors (Lipinski definition) is 0. The number of rotatable bonds is 2. The summed E-state index contributed by atoms with van der Waals surface area (Å²) in [6.45, 7) is 0. The molecule has 7 heteroatoms. The van der Waals surface area contributed by atoms with Gasteiger partial charge in [0.15, 0.2) is 10.4 Å². The van der Waals surface area contributed by atoms with Gasteiger partial charge in [0.05, 0.1) is 20.6 Å². The molecule has 1 heterocycles. The van der Waals surface area contributed by atoms with Crippen LogP contribution in [0.4, 0.5) is 0 Å². The van der Waals surface area contributed by atoms with Crippen molar-refractivity contribution in [3.63, 3.8) is 0 Å². The predicted octanol–water partition coefficient (Wildman–Crippen LogP) is 4.66. The standard InChI is InChI=1S/C12H4Br3NO3/c13-7-3-6(5-16)4-8(14)11(7)19-12(17)9-1-2-10(15)18-9/h1-4H. The zero-order chi connectivity index (χ0) is 14.0. The largest absolute Gasteiger partial charge is 0.442 e. The monoisotopic (exact) mass is 447 g/mol. The lowest BCUT2D eigenvalue weighted by atomic mass is 10.2. The van der Waals surface area contributed by atoms with E-state index in [0.29, 0.717) is 19.2 Å². The molecule has 0 amide bonds. The van der Waals surface area contributed by atoms with Crippen LogP contribution in [0.3, 0.4) is 0 Å². The fourth-order valence-electron chi connectivity index (χ4n) is 1.29. The number of nitrogens with zero attached hydrogens (tertiary/aromatic N) is 1. The molecule has 0 aliphatic carbocycles. The summed E-state index contributed by atoms with van der Waals surface area (Å²) in [5.74, 6) is -0.261. The third-order valence-electron chi connectivity index (χ3n) is 2.10. The second-order valence-corrected chi connectivity index (χ2v) is 5.86. The molecule has 0 spiro atoms. The molecule has 0 fully saturated rings. The number of halogens is 3. The van der Waals surface area contributed by atoms with Gasteiger partial charge < -0.3 is 9.15 Å². The quantitative estimate of drug-likeness (QED) is 0.494. The molecule has 0 saturated carbocycles. The Kier molecular flexibility index (Phi) is 4.45. The van der Waals surface area contributed by atoms with E-state index in [1.165, 1.54) is 6.07 Å². The highest BCUT2D eigenvalue weighted by Crippen LogP contribution is 2.35. The van der Waals surface area contributed by atoms with Crippen molar-refractivity contribution in [1.29, 1.82) is 5.26 Å². The molecule has 0 bridgehead atoms. The molecule has 0 N–H and O–H groups in total. The first-order valence-corrected chi connectivity index (χ1v) is 7.26. The molecule has 96 valence electrons. The molecule has 2 rings (SSSR count). The van der Waals surface area contributed by atoms with Crippen molar-refractivity contribution in [3.8, 4) is 11.8 Å². The number of esters is 1. The van der Waals surface area contributed by atoms with Crippen molar-refractivity contribution in [2.75, 3.05) is 0 Å². The fraction of sp³-hybridized carbons (Fsp3) is 0. The number of ether oxygens (including phenoxy) is 1. The van der Waals surface area contributed by atoms with Gasteiger partial charge >= 0.3 is 5.97 Å². The maximum absolute atomic E-state index is 11.8. The molecule has 0 unspecified atom stereocenters. The molecule has 0 aliphatic heterocycles. The molecule has 1 aromatic carbocycles. The molecule has 0 saturated heterocycles. The lowest BCUT2D eigenvalue weighted by Crippen LogP contribution is -2.08. The summed E-state index contributed by atoms with van der Waals surface area (Å²) in [6, 6.07) is 8.22. The first kappa shape index (κ1) is 14.3. The SMILES string of the molecule is N#Cc1cc(Br)c(OC(=O)c2ccc(Br)o2)c(Br)c1. The average molecular weight is 450 g/mol. The molecule has 1 aromatic heterocycles. The van der Waals surface area contributed by atoms with Gasteiger partial charge in [0.2, 0.25) is 5.76 Å². The molecule has 4 nitrogen and oxygen atoms in total. The minimum atomic E-state index is -0.628. The first-order chi connectivity index (χ1) is 9.01. The van der Waals surface area contributed by atoms with Gasteiger partial charge in [-0.25, -0.2) is 4.79 Å². The van der Waals surface area contributed by atoms with E-state index in [4.69, 9.17) is 14.4 Å². The number of carbonyl (C=O) groups is 1. The van der Waals surface area contributed by atoms with Crippen molar-refractivity contribution in [2.45, 2.75) is 0 Å². The van der Waals surface area contributed by atoms with Gasteiger partial charge in [-0.15, -0.1) is 0 Å². The van der Waals surface area contributed by atoms with Gasteiger partial charge in [0.1, 0.15) is 0 Å². The van der Waals surface area contributed by atoms with E-state index >= 15 is 0 Å². The summed E-state index contributed by atoms with van der Waals surface area (Å²) >= 11 is 9.60. The minimum Gasteiger partial charge on any atom is -0.442 e. The Hall–Kier alpha value is -1.10. The number of nitriles is 1. The highest BCUT2D eigenvalue weighted by Gasteiger charge is 2.17. The van der Waals surface area contributed by atoms with Crippen LogP contribution in [0.15, 0.2) is 42.3 Å². The van der Waals surface area contributed by atoms with Crippen LogP contribution in [0.1, 0.15) is 16.1 Å². The summed E-state index contributed by atoms with van der Waals surface area (Å²) in [7, 11) is 0. The van der Waals surface area contributed by atoms with Gasteiger partial charge in [-0.1, -0.05) is 0 Å². The Bertz CT molecular complexity index is 665. The van der Waals surface area contributed by atoms with Crippen molar-refractivity contribution in [2.24, 2.45) is 0 Å². The van der Waals surface area contributed by atoms with E-state index in [0.717, 1.165) is 0 Å². The van der Waals surface area contributed by atoms with Gasteiger partial charge in [-0.05, 0) is 72.1 Å². The minimum absolute atomic E-state index is 0.0787. The summed E-state index contributed by atoms with van der Waals surface area (Å²) in [6.07, 6.45) is 0. The van der Waals surface area contributed by atoms with Gasteiger partial charge in [0, 0.05) is 0 Å². The van der Waals surface area contributed by atoms with E-state index in [1.54, 1.807) is 18.2 Å². The third-order valence-corrected chi connectivity index (χ3v) is 3.70. The predicted molar refractivity (Wildman–Crippen MR) is 77.9 cm³/mol. The molecule has 0 aliphatic rings. The van der Waals surface area contributed by atoms with Crippen LogP contribution >= 0.6 is 47.8 Å². The second kappa shape index (κ2) is 5.90. The second-order valence-electron chi connectivity index (χ2n) is 3.37. The summed E-state index contributed by atoms with van der Waals surface area (Å²) in [5, 5.41) is 8.82. The lowest BCUT2D eigenvalue weighted by molar-refractivity contribution is 0.0697. The highest BCUT2D eigenvalue weighted by atomic mass is 79.9. The van der Waals surface area contributed by atoms with E-state index in [1.807, 2.05) is 6.07 Å². The number of carbonyl (C=O) groups excluding carboxylic acids is 1. The third kappa shape index (κ3) is 3.26. The summed E-state index contributed by atoms with van der Waals surface area (Å²) in [5.41, 5.74) is 0.444. The maximum Gasteiger partial charge on any atom is 0.379 e. The molecular weight excluding hydrogens is 446 g/mol. The first-order valence-electron chi connectivity index (χ1n) is 4.88. The van der Waals surface area contributed by atoms with E-state index in [2.05, 4.69) is 47.8 Å². The van der Waals surface area contributed by atoms with Crippen LogP contribution in [0.2, 0.25) is 0 Å². The summed E-state index contributed by atoms with van der Waals surface area (Å²) in [4.78, 5) is 11.8. The lowest BCUT2D eigenvalue weighted by Gasteiger charge is -2.07. The van der Waals surface area contributed by atoms with E-state index in [-0.39, 0.29) is 11.5 Å². The van der Waals surface area contributed by atoms with Crippen molar-refractivity contribution >= 4 is 53.8 Å². The Morgan fingerprint density at radius 3 is 2.32 bits per heavy atom. The van der Waals surface area contributed by atoms with Crippen LogP contribution in [0.25, 0.3) is 0 Å². The Balaban J connectivity index is 2.29. The number of benzene rings is 1. The molecule has 0 radical (unpaired) electrons. The normalized spacial score (nSPS) is 10.0. The van der Waals surface area contributed by atoms with Crippen LogP contribution in [-0.4, -0.2) is 5.97 Å². The highest BCUT2D eigenvalue weighted by molar-refractivity contribution is 9.11. The zero-order valence-electron chi connectivity index (χ0n) is 9.12. The summed E-state index contributed by atoms with van der Waals surface area (Å²) < 4.78 is 11.8. The Morgan fingerprint density at radius 1 is 1.21 bits per heavy atom. The van der Waals surface area contributed by atoms with Crippen LogP contribution in [-0.2, 0) is 0 Å². The smallest absolute Gasteiger partial charge is 0.379 e. The molecule has 2 aromatic rings. The van der Waals surface area contributed by atoms with Crippen molar-refractivity contribution in [3.05, 3.63) is 49.2 Å². The molecule has 0 atom stereocenters. The van der Waals surface area contributed by atoms with Gasteiger partial charge in [0.25, 0.3) is 0 Å². The zero-order valence-corrected chi connectivity index (χ0v) is 13.9. The molecule has 19 heavy (non-hydrogen) atoms. The van der Waals surface area contributed by atoms with Gasteiger partial charge in [-0.3, -0.25) is 0 Å². The van der Waals surface area contributed by atoms with Crippen LogP contribution < -0.4 is 4.74 Å². The number of hydrogen-bond acceptors (Lipinski definition) is 4. The molecular formula is C12H4Br3NO3. The topological polar surface area (TPSA) is 63.2 Å². The Labute approximate surface area is 133 Å². The van der Waals surface area contributed by atoms with Crippen molar-refractivity contribution in [1.82, 2.24) is 0 Å².